The van der Waals surface area contributed by atoms with Crippen LogP contribution < -0.4 is 10.2 Å². The van der Waals surface area contributed by atoms with E-state index in [1.54, 1.807) is 0 Å². The standard InChI is InChI=1S/C25H29N7/c1-3-13-32-18-22(21-5-4-11-26-24(21)32)23-10-12-27-25(29-23)28-19-6-8-20(9-7-19)31-16-14-30(2)15-17-31/h4-12,18H,3,13-17H2,1-2H3,(H,27,28,29). The fourth-order valence-corrected chi connectivity index (χ4v) is 4.26. The lowest BCUT2D eigenvalue weighted by Gasteiger charge is -2.34. The first-order valence-corrected chi connectivity index (χ1v) is 11.3. The highest BCUT2D eigenvalue weighted by atomic mass is 15.2. The summed E-state index contributed by atoms with van der Waals surface area (Å²) in [4.78, 5) is 18.6. The van der Waals surface area contributed by atoms with E-state index in [0.29, 0.717) is 5.95 Å². The lowest BCUT2D eigenvalue weighted by atomic mass is 10.1. The number of rotatable bonds is 6. The number of pyridine rings is 1. The smallest absolute Gasteiger partial charge is 0.227 e. The Hall–Kier alpha value is -3.45. The number of aromatic nitrogens is 4. The SMILES string of the molecule is CCCn1cc(-c2ccnc(Nc3ccc(N4CCN(C)CC4)cc3)n2)c2cccnc21. The van der Waals surface area contributed by atoms with E-state index in [1.807, 2.05) is 24.5 Å². The molecular weight excluding hydrogens is 398 g/mol. The van der Waals surface area contributed by atoms with Crippen LogP contribution in [0.1, 0.15) is 13.3 Å². The van der Waals surface area contributed by atoms with Gasteiger partial charge in [0.2, 0.25) is 5.95 Å². The second-order valence-corrected chi connectivity index (χ2v) is 8.34. The number of aryl methyl sites for hydroxylation is 1. The molecule has 1 aliphatic rings. The first kappa shape index (κ1) is 20.5. The van der Waals surface area contributed by atoms with Crippen molar-refractivity contribution in [3.8, 4) is 11.3 Å². The van der Waals surface area contributed by atoms with Crippen molar-refractivity contribution >= 4 is 28.4 Å². The Bertz CT molecular complexity index is 1190. The predicted molar refractivity (Wildman–Crippen MR) is 130 cm³/mol. The highest BCUT2D eigenvalue weighted by Gasteiger charge is 2.15. The molecule has 1 aliphatic heterocycles. The monoisotopic (exact) mass is 427 g/mol. The molecule has 4 aromatic rings. The number of likely N-dealkylation sites (N-methyl/N-ethyl adjacent to an activating group) is 1. The van der Waals surface area contributed by atoms with Gasteiger partial charge in [0.15, 0.2) is 0 Å². The summed E-state index contributed by atoms with van der Waals surface area (Å²) < 4.78 is 2.21. The zero-order valence-electron chi connectivity index (χ0n) is 18.7. The molecule has 0 aliphatic carbocycles. The molecule has 0 amide bonds. The van der Waals surface area contributed by atoms with Crippen LogP contribution in [0, 0.1) is 0 Å². The van der Waals surface area contributed by atoms with Gasteiger partial charge in [-0.1, -0.05) is 6.92 Å². The number of piperazine rings is 1. The Morgan fingerprint density at radius 3 is 2.53 bits per heavy atom. The number of anilines is 3. The van der Waals surface area contributed by atoms with Crippen LogP contribution in [0.15, 0.2) is 61.1 Å². The lowest BCUT2D eigenvalue weighted by molar-refractivity contribution is 0.313. The Labute approximate surface area is 188 Å². The minimum absolute atomic E-state index is 0.593. The maximum atomic E-state index is 4.80. The van der Waals surface area contributed by atoms with E-state index in [2.05, 4.69) is 80.2 Å². The summed E-state index contributed by atoms with van der Waals surface area (Å²) in [5, 5.41) is 4.47. The molecule has 0 unspecified atom stereocenters. The minimum atomic E-state index is 0.593. The van der Waals surface area contributed by atoms with Gasteiger partial charge in [-0.05, 0) is 55.9 Å². The van der Waals surface area contributed by atoms with Crippen molar-refractivity contribution in [3.05, 3.63) is 61.1 Å². The van der Waals surface area contributed by atoms with Crippen molar-refractivity contribution in [2.24, 2.45) is 0 Å². The summed E-state index contributed by atoms with van der Waals surface area (Å²) in [5.74, 6) is 0.593. The Kier molecular flexibility index (Phi) is 5.73. The lowest BCUT2D eigenvalue weighted by Crippen LogP contribution is -2.44. The molecule has 0 saturated carbocycles. The molecule has 0 spiro atoms. The average molecular weight is 428 g/mol. The van der Waals surface area contributed by atoms with E-state index in [0.717, 1.165) is 67.1 Å². The maximum absolute atomic E-state index is 4.80. The molecule has 1 N–H and O–H groups in total. The van der Waals surface area contributed by atoms with Gasteiger partial charge >= 0.3 is 0 Å². The Morgan fingerprint density at radius 1 is 0.938 bits per heavy atom. The van der Waals surface area contributed by atoms with Crippen molar-refractivity contribution in [2.75, 3.05) is 43.4 Å². The van der Waals surface area contributed by atoms with Gasteiger partial charge in [0.1, 0.15) is 5.65 Å². The number of benzene rings is 1. The first-order valence-electron chi connectivity index (χ1n) is 11.3. The predicted octanol–water partition coefficient (Wildman–Crippen LogP) is 4.40. The number of nitrogens with one attached hydrogen (secondary N) is 1. The second kappa shape index (κ2) is 8.96. The molecule has 4 heterocycles. The van der Waals surface area contributed by atoms with Crippen LogP contribution in [0.25, 0.3) is 22.3 Å². The van der Waals surface area contributed by atoms with Crippen molar-refractivity contribution in [1.82, 2.24) is 24.4 Å². The van der Waals surface area contributed by atoms with Gasteiger partial charge in [-0.25, -0.2) is 15.0 Å². The molecule has 1 fully saturated rings. The summed E-state index contributed by atoms with van der Waals surface area (Å²) in [6.07, 6.45) is 6.86. The number of fused-ring (bicyclic) bond motifs is 1. The summed E-state index contributed by atoms with van der Waals surface area (Å²) >= 11 is 0. The molecular formula is C25H29N7. The van der Waals surface area contributed by atoms with Crippen LogP contribution in [0.2, 0.25) is 0 Å². The molecule has 1 saturated heterocycles. The van der Waals surface area contributed by atoms with Gasteiger partial charge < -0.3 is 19.7 Å². The third-order valence-corrected chi connectivity index (χ3v) is 6.02. The van der Waals surface area contributed by atoms with Gasteiger partial charge in [-0.2, -0.15) is 0 Å². The van der Waals surface area contributed by atoms with E-state index < -0.39 is 0 Å². The Morgan fingerprint density at radius 2 is 1.75 bits per heavy atom. The molecule has 0 bridgehead atoms. The van der Waals surface area contributed by atoms with Crippen LogP contribution in [-0.4, -0.2) is 57.6 Å². The highest BCUT2D eigenvalue weighted by molar-refractivity contribution is 5.93. The minimum Gasteiger partial charge on any atom is -0.369 e. The van der Waals surface area contributed by atoms with Gasteiger partial charge in [0.25, 0.3) is 0 Å². The van der Waals surface area contributed by atoms with Crippen LogP contribution in [0.4, 0.5) is 17.3 Å². The molecule has 32 heavy (non-hydrogen) atoms. The average Bonchev–Trinajstić information content (AvgIpc) is 3.19. The fourth-order valence-electron chi connectivity index (χ4n) is 4.26. The largest absolute Gasteiger partial charge is 0.369 e. The van der Waals surface area contributed by atoms with Gasteiger partial charge in [0.05, 0.1) is 5.69 Å². The van der Waals surface area contributed by atoms with E-state index in [4.69, 9.17) is 4.98 Å². The van der Waals surface area contributed by atoms with Crippen molar-refractivity contribution in [1.29, 1.82) is 0 Å². The number of hydrogen-bond donors (Lipinski definition) is 1. The van der Waals surface area contributed by atoms with Gasteiger partial charge in [-0.15, -0.1) is 0 Å². The second-order valence-electron chi connectivity index (χ2n) is 8.34. The molecule has 5 rings (SSSR count). The normalized spacial score (nSPS) is 14.8. The van der Waals surface area contributed by atoms with Gasteiger partial charge in [-0.3, -0.25) is 0 Å². The number of hydrogen-bond acceptors (Lipinski definition) is 6. The van der Waals surface area contributed by atoms with Gasteiger partial charge in [0, 0.05) is 73.6 Å². The molecule has 3 aromatic heterocycles. The molecule has 0 radical (unpaired) electrons. The number of nitrogens with zero attached hydrogens (tertiary/aromatic N) is 6. The summed E-state index contributed by atoms with van der Waals surface area (Å²) in [6.45, 7) is 7.44. The zero-order chi connectivity index (χ0) is 21.9. The van der Waals surface area contributed by atoms with Crippen LogP contribution in [-0.2, 0) is 6.54 Å². The van der Waals surface area contributed by atoms with Crippen LogP contribution in [0.5, 0.6) is 0 Å². The van der Waals surface area contributed by atoms with Crippen LogP contribution in [0.3, 0.4) is 0 Å². The van der Waals surface area contributed by atoms with Crippen LogP contribution >= 0.6 is 0 Å². The fraction of sp³-hybridized carbons (Fsp3) is 0.320. The third kappa shape index (κ3) is 4.16. The van der Waals surface area contributed by atoms with E-state index in [-0.39, 0.29) is 0 Å². The Balaban J connectivity index is 1.37. The molecule has 0 atom stereocenters. The third-order valence-electron chi connectivity index (χ3n) is 6.02. The zero-order valence-corrected chi connectivity index (χ0v) is 18.7. The van der Waals surface area contributed by atoms with E-state index in [1.165, 1.54) is 5.69 Å². The molecule has 164 valence electrons. The van der Waals surface area contributed by atoms with Crippen molar-refractivity contribution in [3.63, 3.8) is 0 Å². The van der Waals surface area contributed by atoms with E-state index in [9.17, 15) is 0 Å². The summed E-state index contributed by atoms with van der Waals surface area (Å²) in [6, 6.07) is 14.6. The quantitative estimate of drug-likeness (QED) is 0.492. The molecule has 1 aromatic carbocycles. The van der Waals surface area contributed by atoms with Crippen molar-refractivity contribution < 1.29 is 0 Å². The summed E-state index contributed by atoms with van der Waals surface area (Å²) in [7, 11) is 2.18. The maximum Gasteiger partial charge on any atom is 0.227 e. The molecule has 7 heteroatoms. The highest BCUT2D eigenvalue weighted by Crippen LogP contribution is 2.29. The molecule has 7 nitrogen and oxygen atoms in total. The summed E-state index contributed by atoms with van der Waals surface area (Å²) in [5.41, 5.74) is 5.21. The first-order chi connectivity index (χ1) is 15.7. The van der Waals surface area contributed by atoms with E-state index >= 15 is 0 Å². The topological polar surface area (TPSA) is 62.1 Å². The van der Waals surface area contributed by atoms with Crippen molar-refractivity contribution in [2.45, 2.75) is 19.9 Å².